The SMILES string of the molecule is C=C(C(=O)O)c1ccc(-c2ccc(C(=O)O)cc2)c(F)c1. The molecule has 0 fully saturated rings. The van der Waals surface area contributed by atoms with Crippen LogP contribution in [0.25, 0.3) is 16.7 Å². The zero-order valence-corrected chi connectivity index (χ0v) is 10.8. The van der Waals surface area contributed by atoms with Crippen LogP contribution in [0.3, 0.4) is 0 Å². The number of hydrogen-bond acceptors (Lipinski definition) is 2. The fourth-order valence-corrected chi connectivity index (χ4v) is 1.85. The van der Waals surface area contributed by atoms with Crippen LogP contribution in [0, 0.1) is 5.82 Å². The molecule has 0 saturated carbocycles. The highest BCUT2D eigenvalue weighted by Gasteiger charge is 2.12. The van der Waals surface area contributed by atoms with E-state index in [2.05, 4.69) is 6.58 Å². The van der Waals surface area contributed by atoms with Crippen molar-refractivity contribution < 1.29 is 24.2 Å². The molecule has 106 valence electrons. The van der Waals surface area contributed by atoms with Crippen LogP contribution < -0.4 is 0 Å². The largest absolute Gasteiger partial charge is 0.478 e. The van der Waals surface area contributed by atoms with Crippen LogP contribution in [-0.2, 0) is 4.79 Å². The Balaban J connectivity index is 2.39. The van der Waals surface area contributed by atoms with Gasteiger partial charge in [-0.05, 0) is 29.3 Å². The minimum Gasteiger partial charge on any atom is -0.478 e. The van der Waals surface area contributed by atoms with Crippen LogP contribution in [0.5, 0.6) is 0 Å². The summed E-state index contributed by atoms with van der Waals surface area (Å²) in [6.45, 7) is 3.37. The van der Waals surface area contributed by atoms with Gasteiger partial charge < -0.3 is 10.2 Å². The molecule has 0 aliphatic carbocycles. The third-order valence-corrected chi connectivity index (χ3v) is 3.02. The molecule has 2 rings (SSSR count). The number of aliphatic carboxylic acids is 1. The Morgan fingerprint density at radius 2 is 1.52 bits per heavy atom. The van der Waals surface area contributed by atoms with Gasteiger partial charge in [0, 0.05) is 5.56 Å². The summed E-state index contributed by atoms with van der Waals surface area (Å²) in [6.07, 6.45) is 0. The van der Waals surface area contributed by atoms with E-state index in [0.29, 0.717) is 5.56 Å². The van der Waals surface area contributed by atoms with Gasteiger partial charge in [-0.2, -0.15) is 0 Å². The van der Waals surface area contributed by atoms with E-state index in [1.807, 2.05) is 0 Å². The Bertz CT molecular complexity index is 732. The maximum atomic E-state index is 14.1. The molecule has 0 heterocycles. The first-order chi connectivity index (χ1) is 9.90. The zero-order valence-electron chi connectivity index (χ0n) is 10.8. The highest BCUT2D eigenvalue weighted by molar-refractivity contribution is 6.14. The van der Waals surface area contributed by atoms with Gasteiger partial charge in [-0.3, -0.25) is 0 Å². The number of carboxylic acids is 2. The average Bonchev–Trinajstić information content (AvgIpc) is 2.46. The van der Waals surface area contributed by atoms with E-state index in [1.165, 1.54) is 36.4 Å². The molecule has 0 aromatic heterocycles. The van der Waals surface area contributed by atoms with Gasteiger partial charge in [0.25, 0.3) is 0 Å². The maximum Gasteiger partial charge on any atom is 0.335 e. The van der Waals surface area contributed by atoms with Crippen molar-refractivity contribution in [3.05, 3.63) is 66.0 Å². The molecule has 0 atom stereocenters. The molecule has 5 heteroatoms. The summed E-state index contributed by atoms with van der Waals surface area (Å²) >= 11 is 0. The highest BCUT2D eigenvalue weighted by Crippen LogP contribution is 2.26. The molecule has 2 aromatic rings. The van der Waals surface area contributed by atoms with E-state index in [1.54, 1.807) is 0 Å². The monoisotopic (exact) mass is 286 g/mol. The second-order valence-corrected chi connectivity index (χ2v) is 4.36. The number of hydrogen-bond donors (Lipinski definition) is 2. The zero-order chi connectivity index (χ0) is 15.6. The van der Waals surface area contributed by atoms with E-state index >= 15 is 0 Å². The molecule has 4 nitrogen and oxygen atoms in total. The summed E-state index contributed by atoms with van der Waals surface area (Å²) in [5, 5.41) is 17.6. The summed E-state index contributed by atoms with van der Waals surface area (Å²) < 4.78 is 14.1. The smallest absolute Gasteiger partial charge is 0.335 e. The summed E-state index contributed by atoms with van der Waals surface area (Å²) in [7, 11) is 0. The first-order valence-electron chi connectivity index (χ1n) is 5.96. The van der Waals surface area contributed by atoms with Crippen molar-refractivity contribution in [1.29, 1.82) is 0 Å². The standard InChI is InChI=1S/C16H11FO4/c1-9(15(18)19)12-6-7-13(14(17)8-12)10-2-4-11(5-3-10)16(20)21/h2-8H,1H2,(H,18,19)(H,20,21). The molecule has 0 unspecified atom stereocenters. The molecule has 0 amide bonds. The molecule has 0 aliphatic rings. The number of carbonyl (C=O) groups is 2. The fourth-order valence-electron chi connectivity index (χ4n) is 1.85. The Morgan fingerprint density at radius 1 is 0.952 bits per heavy atom. The molecule has 0 bridgehead atoms. The van der Waals surface area contributed by atoms with Crippen molar-refractivity contribution in [3.8, 4) is 11.1 Å². The van der Waals surface area contributed by atoms with Crippen LogP contribution in [0.15, 0.2) is 49.0 Å². The van der Waals surface area contributed by atoms with Crippen LogP contribution in [-0.4, -0.2) is 22.2 Å². The molecule has 0 saturated heterocycles. The van der Waals surface area contributed by atoms with Crippen molar-refractivity contribution >= 4 is 17.5 Å². The van der Waals surface area contributed by atoms with Gasteiger partial charge in [-0.15, -0.1) is 0 Å². The van der Waals surface area contributed by atoms with E-state index in [-0.39, 0.29) is 22.3 Å². The Kier molecular flexibility index (Phi) is 3.84. The summed E-state index contributed by atoms with van der Waals surface area (Å²) in [5.41, 5.74) is 0.862. The van der Waals surface area contributed by atoms with Crippen LogP contribution in [0.4, 0.5) is 4.39 Å². The van der Waals surface area contributed by atoms with E-state index in [9.17, 15) is 14.0 Å². The van der Waals surface area contributed by atoms with Crippen molar-refractivity contribution in [2.45, 2.75) is 0 Å². The molecule has 21 heavy (non-hydrogen) atoms. The summed E-state index contributed by atoms with van der Waals surface area (Å²) in [5.74, 6) is -2.87. The van der Waals surface area contributed by atoms with Crippen molar-refractivity contribution in [3.63, 3.8) is 0 Å². The molecule has 0 radical (unpaired) electrons. The lowest BCUT2D eigenvalue weighted by Crippen LogP contribution is -1.99. The predicted molar refractivity (Wildman–Crippen MR) is 75.5 cm³/mol. The van der Waals surface area contributed by atoms with Crippen LogP contribution in [0.1, 0.15) is 15.9 Å². The minimum atomic E-state index is -1.21. The summed E-state index contributed by atoms with van der Waals surface area (Å²) in [6, 6.07) is 9.73. The minimum absolute atomic E-state index is 0.107. The Morgan fingerprint density at radius 3 is 2.00 bits per heavy atom. The van der Waals surface area contributed by atoms with Gasteiger partial charge in [0.1, 0.15) is 5.82 Å². The van der Waals surface area contributed by atoms with E-state index < -0.39 is 17.8 Å². The van der Waals surface area contributed by atoms with Gasteiger partial charge in [0.2, 0.25) is 0 Å². The van der Waals surface area contributed by atoms with Gasteiger partial charge in [0.15, 0.2) is 0 Å². The lowest BCUT2D eigenvalue weighted by Gasteiger charge is -2.07. The van der Waals surface area contributed by atoms with Crippen molar-refractivity contribution in [1.82, 2.24) is 0 Å². The Hall–Kier alpha value is -2.95. The topological polar surface area (TPSA) is 74.6 Å². The second-order valence-electron chi connectivity index (χ2n) is 4.36. The lowest BCUT2D eigenvalue weighted by atomic mass is 9.99. The van der Waals surface area contributed by atoms with Gasteiger partial charge in [-0.1, -0.05) is 30.8 Å². The Labute approximate surface area is 119 Å². The second kappa shape index (κ2) is 5.58. The fraction of sp³-hybridized carbons (Fsp3) is 0. The first-order valence-corrected chi connectivity index (χ1v) is 5.96. The van der Waals surface area contributed by atoms with Gasteiger partial charge >= 0.3 is 11.9 Å². The van der Waals surface area contributed by atoms with Crippen LogP contribution in [0.2, 0.25) is 0 Å². The maximum absolute atomic E-state index is 14.1. The highest BCUT2D eigenvalue weighted by atomic mass is 19.1. The molecule has 2 aromatic carbocycles. The molecule has 2 N–H and O–H groups in total. The molecule has 0 aliphatic heterocycles. The third-order valence-electron chi connectivity index (χ3n) is 3.02. The van der Waals surface area contributed by atoms with Gasteiger partial charge in [-0.25, -0.2) is 14.0 Å². The molecular formula is C16H11FO4. The normalized spacial score (nSPS) is 10.1. The van der Waals surface area contributed by atoms with E-state index in [4.69, 9.17) is 10.2 Å². The van der Waals surface area contributed by atoms with Gasteiger partial charge in [0.05, 0.1) is 11.1 Å². The number of aromatic carboxylic acids is 1. The quantitative estimate of drug-likeness (QED) is 0.846. The number of rotatable bonds is 4. The van der Waals surface area contributed by atoms with E-state index in [0.717, 1.165) is 6.07 Å². The number of benzene rings is 2. The lowest BCUT2D eigenvalue weighted by molar-refractivity contribution is -0.130. The summed E-state index contributed by atoms with van der Waals surface area (Å²) in [4.78, 5) is 21.5. The number of halogens is 1. The predicted octanol–water partition coefficient (Wildman–Crippen LogP) is 3.29. The first kappa shape index (κ1) is 14.5. The molecule has 0 spiro atoms. The number of carboxylic acid groups (broad SMARTS) is 2. The van der Waals surface area contributed by atoms with Crippen molar-refractivity contribution in [2.24, 2.45) is 0 Å². The average molecular weight is 286 g/mol. The van der Waals surface area contributed by atoms with Crippen molar-refractivity contribution in [2.75, 3.05) is 0 Å². The van der Waals surface area contributed by atoms with Crippen LogP contribution >= 0.6 is 0 Å². The third kappa shape index (κ3) is 2.97. The molecular weight excluding hydrogens is 275 g/mol.